The van der Waals surface area contributed by atoms with Crippen molar-refractivity contribution in [2.75, 3.05) is 0 Å². The molecule has 5 N–H and O–H groups in total. The van der Waals surface area contributed by atoms with Gasteiger partial charge in [0.05, 0.1) is 11.9 Å². The van der Waals surface area contributed by atoms with Crippen molar-refractivity contribution in [3.8, 4) is 5.75 Å². The lowest BCUT2D eigenvalue weighted by molar-refractivity contribution is -0.138. The summed E-state index contributed by atoms with van der Waals surface area (Å²) in [6.07, 6.45) is -0.163. The predicted molar refractivity (Wildman–Crippen MR) is 88.1 cm³/mol. The van der Waals surface area contributed by atoms with Gasteiger partial charge in [-0.15, -0.1) is 0 Å². The third kappa shape index (κ3) is 4.66. The fourth-order valence-electron chi connectivity index (χ4n) is 2.12. The first kappa shape index (κ1) is 18.2. The topological polar surface area (TPSA) is 130 Å². The fraction of sp³-hybridized carbons (Fsp3) is 0.188. The first-order valence-electron chi connectivity index (χ1n) is 7.11. The molecule has 2 aromatic rings. The van der Waals surface area contributed by atoms with E-state index in [-0.39, 0.29) is 29.6 Å². The van der Waals surface area contributed by atoms with Crippen LogP contribution in [-0.2, 0) is 26.9 Å². The number of benzene rings is 2. The van der Waals surface area contributed by atoms with E-state index in [1.807, 2.05) is 6.07 Å². The average molecular weight is 351 g/mol. The molecule has 2 atom stereocenters. The zero-order valence-electron chi connectivity index (χ0n) is 12.7. The van der Waals surface area contributed by atoms with Crippen LogP contribution in [0.15, 0.2) is 48.5 Å². The van der Waals surface area contributed by atoms with E-state index in [1.54, 1.807) is 24.3 Å². The van der Waals surface area contributed by atoms with Crippen molar-refractivity contribution >= 4 is 18.9 Å². The molecule has 0 spiro atoms. The van der Waals surface area contributed by atoms with Gasteiger partial charge in [-0.3, -0.25) is 9.36 Å². The van der Waals surface area contributed by atoms with E-state index >= 15 is 0 Å². The maximum absolute atomic E-state index is 12.5. The largest absolute Gasteiger partial charge is 0.508 e. The van der Waals surface area contributed by atoms with Crippen LogP contribution in [0.4, 0.5) is 0 Å². The SMILES string of the molecule is N[C@@H](Cc1ccc(O)cc1P(=O)(O)OCc1ccccc1)C(=O)O. The molecule has 0 radical (unpaired) electrons. The Bertz CT molecular complexity index is 764. The van der Waals surface area contributed by atoms with Crippen molar-refractivity contribution < 1.29 is 29.0 Å². The summed E-state index contributed by atoms with van der Waals surface area (Å²) < 4.78 is 17.7. The molecular weight excluding hydrogens is 333 g/mol. The van der Waals surface area contributed by atoms with Crippen LogP contribution in [-0.4, -0.2) is 27.1 Å². The number of hydrogen-bond donors (Lipinski definition) is 4. The third-order valence-corrected chi connectivity index (χ3v) is 4.88. The Morgan fingerprint density at radius 2 is 1.88 bits per heavy atom. The van der Waals surface area contributed by atoms with E-state index in [4.69, 9.17) is 15.4 Å². The Morgan fingerprint density at radius 3 is 2.50 bits per heavy atom. The molecule has 0 aliphatic carbocycles. The highest BCUT2D eigenvalue weighted by Crippen LogP contribution is 2.43. The Kier molecular flexibility index (Phi) is 5.75. The minimum absolute atomic E-state index is 0.102. The normalized spacial score (nSPS) is 14.8. The second-order valence-electron chi connectivity index (χ2n) is 5.24. The average Bonchev–Trinajstić information content (AvgIpc) is 2.55. The Balaban J connectivity index is 2.25. The van der Waals surface area contributed by atoms with Crippen molar-refractivity contribution in [3.63, 3.8) is 0 Å². The highest BCUT2D eigenvalue weighted by atomic mass is 31.2. The summed E-state index contributed by atoms with van der Waals surface area (Å²) in [5.41, 5.74) is 6.43. The van der Waals surface area contributed by atoms with Gasteiger partial charge in [-0.25, -0.2) is 0 Å². The molecule has 0 aliphatic heterocycles. The maximum atomic E-state index is 12.5. The van der Waals surface area contributed by atoms with Crippen LogP contribution in [0.2, 0.25) is 0 Å². The fourth-order valence-corrected chi connectivity index (χ4v) is 3.41. The number of phenolic OH excluding ortho intramolecular Hbond substituents is 1. The zero-order chi connectivity index (χ0) is 17.7. The number of aromatic hydroxyl groups is 1. The smallest absolute Gasteiger partial charge is 0.359 e. The molecule has 0 heterocycles. The molecule has 1 unspecified atom stereocenters. The molecule has 0 aliphatic rings. The number of carboxylic acids is 1. The maximum Gasteiger partial charge on any atom is 0.359 e. The zero-order valence-corrected chi connectivity index (χ0v) is 13.6. The van der Waals surface area contributed by atoms with Crippen molar-refractivity contribution in [1.29, 1.82) is 0 Å². The van der Waals surface area contributed by atoms with Crippen molar-refractivity contribution in [1.82, 2.24) is 0 Å². The molecule has 2 aromatic carbocycles. The minimum atomic E-state index is -4.27. The number of aliphatic carboxylic acids is 1. The molecule has 0 saturated heterocycles. The lowest BCUT2D eigenvalue weighted by Gasteiger charge is -2.17. The van der Waals surface area contributed by atoms with Crippen LogP contribution in [0.1, 0.15) is 11.1 Å². The summed E-state index contributed by atoms with van der Waals surface area (Å²) in [5, 5.41) is 18.3. The van der Waals surface area contributed by atoms with Crippen LogP contribution in [0.5, 0.6) is 5.75 Å². The summed E-state index contributed by atoms with van der Waals surface area (Å²) in [6.45, 7) is -0.102. The van der Waals surface area contributed by atoms with Gasteiger partial charge in [-0.05, 0) is 29.7 Å². The van der Waals surface area contributed by atoms with Gasteiger partial charge in [0.25, 0.3) is 0 Å². The first-order chi connectivity index (χ1) is 11.3. The number of hydrogen-bond acceptors (Lipinski definition) is 5. The lowest BCUT2D eigenvalue weighted by Crippen LogP contribution is -2.34. The molecule has 0 fully saturated rings. The van der Waals surface area contributed by atoms with Crippen LogP contribution >= 0.6 is 7.60 Å². The summed E-state index contributed by atoms with van der Waals surface area (Å²) >= 11 is 0. The van der Waals surface area contributed by atoms with Crippen LogP contribution in [0, 0.1) is 0 Å². The van der Waals surface area contributed by atoms with Crippen LogP contribution in [0.3, 0.4) is 0 Å². The summed E-state index contributed by atoms with van der Waals surface area (Å²) in [7, 11) is -4.27. The number of carbonyl (C=O) groups is 1. The molecule has 8 heteroatoms. The van der Waals surface area contributed by atoms with Gasteiger partial charge in [-0.2, -0.15) is 0 Å². The van der Waals surface area contributed by atoms with Gasteiger partial charge >= 0.3 is 13.6 Å². The third-order valence-electron chi connectivity index (χ3n) is 3.38. The first-order valence-corrected chi connectivity index (χ1v) is 8.69. The van der Waals surface area contributed by atoms with Gasteiger partial charge in [-0.1, -0.05) is 36.4 Å². The molecule has 24 heavy (non-hydrogen) atoms. The van der Waals surface area contributed by atoms with E-state index in [2.05, 4.69) is 0 Å². The van der Waals surface area contributed by atoms with Gasteiger partial charge in [0.1, 0.15) is 11.8 Å². The van der Waals surface area contributed by atoms with E-state index in [1.165, 1.54) is 12.1 Å². The van der Waals surface area contributed by atoms with Crippen molar-refractivity contribution in [3.05, 3.63) is 59.7 Å². The Labute approximate surface area is 138 Å². The monoisotopic (exact) mass is 351 g/mol. The van der Waals surface area contributed by atoms with E-state index in [0.29, 0.717) is 5.56 Å². The standard InChI is InChI=1S/C16H18NO6P/c17-14(16(19)20)8-12-6-7-13(18)9-15(12)24(21,22)23-10-11-4-2-1-3-5-11/h1-7,9,14,18H,8,10,17H2,(H,19,20)(H,21,22)/t14-/m0/s1. The van der Waals surface area contributed by atoms with E-state index in [0.717, 1.165) is 6.07 Å². The number of phenols is 1. The molecular formula is C16H18NO6P. The second-order valence-corrected chi connectivity index (χ2v) is 7.02. The minimum Gasteiger partial charge on any atom is -0.508 e. The lowest BCUT2D eigenvalue weighted by atomic mass is 10.1. The highest BCUT2D eigenvalue weighted by molar-refractivity contribution is 7.61. The Morgan fingerprint density at radius 1 is 1.21 bits per heavy atom. The Hall–Kier alpha value is -2.18. The molecule has 0 bridgehead atoms. The number of rotatable bonds is 7. The number of nitrogens with two attached hydrogens (primary N) is 1. The molecule has 7 nitrogen and oxygen atoms in total. The van der Waals surface area contributed by atoms with Crippen molar-refractivity contribution in [2.45, 2.75) is 19.1 Å². The molecule has 0 saturated carbocycles. The predicted octanol–water partition coefficient (Wildman–Crippen LogP) is 1.37. The summed E-state index contributed by atoms with van der Waals surface area (Å²) in [6, 6.07) is 11.3. The highest BCUT2D eigenvalue weighted by Gasteiger charge is 2.28. The van der Waals surface area contributed by atoms with Gasteiger partial charge < -0.3 is 25.4 Å². The number of carboxylic acid groups (broad SMARTS) is 1. The van der Waals surface area contributed by atoms with Gasteiger partial charge in [0.2, 0.25) is 0 Å². The van der Waals surface area contributed by atoms with Gasteiger partial charge in [0.15, 0.2) is 0 Å². The second kappa shape index (κ2) is 7.59. The van der Waals surface area contributed by atoms with Gasteiger partial charge in [0, 0.05) is 0 Å². The summed E-state index contributed by atoms with van der Waals surface area (Å²) in [5.74, 6) is -1.46. The molecule has 2 rings (SSSR count). The van der Waals surface area contributed by atoms with E-state index < -0.39 is 19.6 Å². The van der Waals surface area contributed by atoms with Crippen LogP contribution < -0.4 is 11.0 Å². The molecule has 0 aromatic heterocycles. The van der Waals surface area contributed by atoms with Crippen molar-refractivity contribution in [2.24, 2.45) is 5.73 Å². The van der Waals surface area contributed by atoms with E-state index in [9.17, 15) is 19.4 Å². The molecule has 128 valence electrons. The molecule has 0 amide bonds. The van der Waals surface area contributed by atoms with Crippen LogP contribution in [0.25, 0.3) is 0 Å². The quantitative estimate of drug-likeness (QED) is 0.554. The summed E-state index contributed by atoms with van der Waals surface area (Å²) in [4.78, 5) is 21.1.